The molecule has 4 saturated heterocycles. The van der Waals surface area contributed by atoms with Crippen LogP contribution in [0.2, 0.25) is 0 Å². The first-order chi connectivity index (χ1) is 37.5. The SMILES string of the molecule is CC1(C)c2cc(-c3ccc4c(c3)c3ccccc3n4-c3ccc4c(c3)C(c3ccccc3)(c3ccccc3)c3ccccc3-4)ccc2-c2ccc(N(/C=C/C3SC3c3ccccc3)C3C4C5C(c6ccccc6)S543)cc21. The molecule has 0 amide bonds. The summed E-state index contributed by atoms with van der Waals surface area (Å²) in [6.07, 6.45) is 5.02. The van der Waals surface area contributed by atoms with Gasteiger partial charge in [0, 0.05) is 60.0 Å². The number of hydrogen-bond acceptors (Lipinski definition) is 2. The zero-order valence-corrected chi connectivity index (χ0v) is 44.1. The van der Waals surface area contributed by atoms with Crippen molar-refractivity contribution in [1.29, 1.82) is 0 Å². The Balaban J connectivity index is 0.731. The van der Waals surface area contributed by atoms with Gasteiger partial charge >= 0.3 is 0 Å². The minimum absolute atomic E-state index is 0.162. The van der Waals surface area contributed by atoms with Crippen LogP contribution >= 0.6 is 21.8 Å². The van der Waals surface area contributed by atoms with Gasteiger partial charge in [-0.1, -0.05) is 214 Å². The fraction of sp³-hybridized carbons (Fsp3) is 0.139. The molecule has 1 aromatic heterocycles. The lowest BCUT2D eigenvalue weighted by Gasteiger charge is -2.34. The van der Waals surface area contributed by atoms with Gasteiger partial charge in [-0.05, 0) is 126 Å². The van der Waals surface area contributed by atoms with Crippen molar-refractivity contribution < 1.29 is 0 Å². The van der Waals surface area contributed by atoms with E-state index in [2.05, 4.69) is 290 Å². The molecule has 0 saturated carbocycles. The van der Waals surface area contributed by atoms with Crippen LogP contribution in [-0.4, -0.2) is 25.7 Å². The van der Waals surface area contributed by atoms with Crippen LogP contribution in [0.3, 0.4) is 0 Å². The van der Waals surface area contributed by atoms with Crippen LogP contribution in [0, 0.1) is 0 Å². The summed E-state index contributed by atoms with van der Waals surface area (Å²) in [4.78, 5) is 2.74. The standard InChI is InChI=1S/C72H54N2S2/c1-71(2)60-42-48(31-35-54(60)55-36-33-51(43-61(55)71)73(40-39-65-66(75-65)45-19-7-3-8-20-45)70-69-68-67(76(68,69)70)46-21-9-4-10-22-46)47-32-38-64-58(41-47)57-28-16-18-30-63(57)74(64)52-34-37-56-53-27-15-17-29-59(53)72(62(56)44-52,49-23-11-5-12-24-49)50-25-13-6-14-26-50/h3-44,65-70H,1-2H3/b40-39+. The Morgan fingerprint density at radius 2 is 1.05 bits per heavy atom. The van der Waals surface area contributed by atoms with Crippen molar-refractivity contribution in [2.75, 3.05) is 4.90 Å². The van der Waals surface area contributed by atoms with Gasteiger partial charge in [0.25, 0.3) is 0 Å². The van der Waals surface area contributed by atoms with Gasteiger partial charge in [-0.2, -0.15) is 10.0 Å². The van der Waals surface area contributed by atoms with Crippen LogP contribution in [0.1, 0.15) is 68.9 Å². The summed E-state index contributed by atoms with van der Waals surface area (Å²) in [7, 11) is -0.608. The highest BCUT2D eigenvalue weighted by Gasteiger charge is 3.01. The average molecular weight is 1010 g/mol. The lowest BCUT2D eigenvalue weighted by Crippen LogP contribution is -2.28. The van der Waals surface area contributed by atoms with E-state index in [9.17, 15) is 0 Å². The number of thioether (sulfide) groups is 1. The third-order valence-electron chi connectivity index (χ3n) is 18.6. The normalized spacial score (nSPS) is 24.7. The summed E-state index contributed by atoms with van der Waals surface area (Å²) in [5, 5.41) is 6.86. The van der Waals surface area contributed by atoms with E-state index in [-0.39, 0.29) is 5.41 Å². The zero-order chi connectivity index (χ0) is 50.1. The van der Waals surface area contributed by atoms with Crippen LogP contribution in [0.4, 0.5) is 5.69 Å². The lowest BCUT2D eigenvalue weighted by molar-refractivity contribution is 0.660. The second kappa shape index (κ2) is 15.7. The number of nitrogens with zero attached hydrogens (tertiary/aromatic N) is 2. The summed E-state index contributed by atoms with van der Waals surface area (Å²) in [5.41, 5.74) is 23.2. The highest BCUT2D eigenvalue weighted by molar-refractivity contribution is 8.54. The summed E-state index contributed by atoms with van der Waals surface area (Å²) in [6.45, 7) is 4.90. The van der Waals surface area contributed by atoms with Crippen LogP contribution < -0.4 is 4.90 Å². The monoisotopic (exact) mass is 1010 g/mol. The number of hydrogen-bond donors (Lipinski definition) is 0. The van der Waals surface area contributed by atoms with Crippen LogP contribution in [0.5, 0.6) is 0 Å². The molecular weight excluding hydrogens is 957 g/mol. The fourth-order valence-corrected chi connectivity index (χ4v) is 21.7. The van der Waals surface area contributed by atoms with Crippen LogP contribution in [0.15, 0.2) is 255 Å². The van der Waals surface area contributed by atoms with Crippen molar-refractivity contribution in [2.45, 2.75) is 56.3 Å². The van der Waals surface area contributed by atoms with Crippen molar-refractivity contribution in [2.24, 2.45) is 0 Å². The van der Waals surface area contributed by atoms with E-state index >= 15 is 0 Å². The largest absolute Gasteiger partial charge is 0.336 e. The summed E-state index contributed by atoms with van der Waals surface area (Å²) in [5.74, 6) is 0. The molecule has 4 heteroatoms. The Morgan fingerprint density at radius 3 is 1.82 bits per heavy atom. The molecule has 11 aromatic rings. The van der Waals surface area contributed by atoms with Gasteiger partial charge in [0.15, 0.2) is 0 Å². The highest BCUT2D eigenvalue weighted by Crippen LogP contribution is 3.17. The molecule has 0 bridgehead atoms. The molecule has 0 N–H and O–H groups in total. The molecule has 5 heterocycles. The minimum Gasteiger partial charge on any atom is -0.336 e. The number of fused-ring (bicyclic) bond motifs is 10. The third kappa shape index (κ3) is 5.87. The minimum atomic E-state index is -0.608. The van der Waals surface area contributed by atoms with Crippen molar-refractivity contribution in [3.05, 3.63) is 299 Å². The van der Waals surface area contributed by atoms with E-state index in [1.54, 1.807) is 5.56 Å². The summed E-state index contributed by atoms with van der Waals surface area (Å²) in [6, 6.07) is 91.9. The quantitative estimate of drug-likeness (QED) is 0.126. The average Bonchev–Trinajstić information content (AvgIpc) is 1.65. The lowest BCUT2D eigenvalue weighted by atomic mass is 9.67. The Hall–Kier alpha value is -7.76. The maximum atomic E-state index is 2.74. The topological polar surface area (TPSA) is 8.17 Å². The Labute approximate surface area is 450 Å². The molecule has 2 nitrogen and oxygen atoms in total. The molecule has 2 aliphatic carbocycles. The van der Waals surface area contributed by atoms with Crippen molar-refractivity contribution in [1.82, 2.24) is 4.57 Å². The Bertz CT molecular complexity index is 4200. The van der Waals surface area contributed by atoms with Crippen molar-refractivity contribution >= 4 is 49.3 Å². The van der Waals surface area contributed by atoms with Crippen LogP contribution in [-0.2, 0) is 10.8 Å². The van der Waals surface area contributed by atoms with E-state index in [0.29, 0.717) is 15.9 Å². The number of aromatic nitrogens is 1. The molecule has 1 spiro atoms. The van der Waals surface area contributed by atoms with E-state index in [4.69, 9.17) is 0 Å². The molecule has 7 atom stereocenters. The van der Waals surface area contributed by atoms with Crippen molar-refractivity contribution in [3.63, 3.8) is 0 Å². The van der Waals surface area contributed by atoms with Crippen LogP contribution in [0.25, 0.3) is 60.9 Å². The Morgan fingerprint density at radius 1 is 0.474 bits per heavy atom. The summed E-state index contributed by atoms with van der Waals surface area (Å²) < 4.78 is 2.50. The fourth-order valence-electron chi connectivity index (χ4n) is 14.9. The molecule has 0 radical (unpaired) electrons. The molecule has 76 heavy (non-hydrogen) atoms. The predicted octanol–water partition coefficient (Wildman–Crippen LogP) is 17.9. The number of rotatable bonds is 10. The van der Waals surface area contributed by atoms with Gasteiger partial charge in [-0.15, -0.1) is 11.8 Å². The summed E-state index contributed by atoms with van der Waals surface area (Å²) >= 11 is 2.08. The molecule has 6 aliphatic rings. The zero-order valence-electron chi connectivity index (χ0n) is 42.4. The molecule has 10 aromatic carbocycles. The van der Waals surface area contributed by atoms with E-state index in [1.807, 2.05) is 0 Å². The van der Waals surface area contributed by atoms with Gasteiger partial charge < -0.3 is 9.47 Å². The smallest absolute Gasteiger partial charge is 0.0771 e. The maximum Gasteiger partial charge on any atom is 0.0771 e. The second-order valence-corrected chi connectivity index (χ2v) is 27.6. The molecule has 364 valence electrons. The van der Waals surface area contributed by atoms with Gasteiger partial charge in [-0.25, -0.2) is 0 Å². The first-order valence-corrected chi connectivity index (χ1v) is 30.0. The van der Waals surface area contributed by atoms with E-state index in [0.717, 1.165) is 15.7 Å². The van der Waals surface area contributed by atoms with Gasteiger partial charge in [0.05, 0.1) is 21.8 Å². The molecular formula is C72H54N2S2. The first kappa shape index (κ1) is 43.5. The number of anilines is 1. The molecule has 17 rings (SSSR count). The van der Waals surface area contributed by atoms with Gasteiger partial charge in [-0.3, -0.25) is 0 Å². The van der Waals surface area contributed by atoms with Gasteiger partial charge in [0.2, 0.25) is 0 Å². The molecule has 4 aliphatic heterocycles. The number of para-hydroxylation sites is 1. The molecule has 4 fully saturated rings. The molecule has 7 unspecified atom stereocenters. The first-order valence-electron chi connectivity index (χ1n) is 27.2. The third-order valence-corrected chi connectivity index (χ3v) is 24.8. The highest BCUT2D eigenvalue weighted by atomic mass is 32.3. The number of benzene rings is 10. The van der Waals surface area contributed by atoms with Crippen molar-refractivity contribution in [3.8, 4) is 39.1 Å². The maximum absolute atomic E-state index is 2.74. The predicted molar refractivity (Wildman–Crippen MR) is 321 cm³/mol. The second-order valence-electron chi connectivity index (χ2n) is 22.6. The Kier molecular flexibility index (Phi) is 8.96. The van der Waals surface area contributed by atoms with Gasteiger partial charge in [0.1, 0.15) is 0 Å². The van der Waals surface area contributed by atoms with E-state index < -0.39 is 15.4 Å². The van der Waals surface area contributed by atoms with E-state index in [1.165, 1.54) is 106 Å².